The van der Waals surface area contributed by atoms with Crippen molar-refractivity contribution in [3.63, 3.8) is 0 Å². The van der Waals surface area contributed by atoms with E-state index in [-0.39, 0.29) is 37.8 Å². The normalized spacial score (nSPS) is 15.0. The number of benzene rings is 3. The lowest BCUT2D eigenvalue weighted by Gasteiger charge is -2.34. The van der Waals surface area contributed by atoms with Gasteiger partial charge in [0.2, 0.25) is 0 Å². The van der Waals surface area contributed by atoms with E-state index >= 15 is 0 Å². The Labute approximate surface area is 310 Å². The molecule has 15 heteroatoms. The Kier molecular flexibility index (Phi) is 9.53. The maximum absolute atomic E-state index is 14.4. The zero-order valence-corrected chi connectivity index (χ0v) is 30.5. The molecule has 53 heavy (non-hydrogen) atoms. The molecule has 11 nitrogen and oxygen atoms in total. The number of alkyl halides is 3. The van der Waals surface area contributed by atoms with Gasteiger partial charge in [-0.05, 0) is 67.4 Å². The first kappa shape index (κ1) is 35.8. The second kappa shape index (κ2) is 14.1. The van der Waals surface area contributed by atoms with Crippen LogP contribution in [-0.2, 0) is 26.2 Å². The molecule has 0 saturated heterocycles. The van der Waals surface area contributed by atoms with Gasteiger partial charge in [-0.15, -0.1) is 0 Å². The maximum Gasteiger partial charge on any atom is 0.393 e. The standard InChI is InChI=1S/C38H34BrF3N8O3/c1-22-15-25(9-11-30(22)39)36(52)47-21-32-33(35(51)45-17-26-7-4-5-8-29(26)34-43-13-6-14-44-34)50(37(53)48(32)20-24(47)3)28-10-12-31-27(16-28)18-46-49(31)19-23(2)38(40,41)42/h4-16,18,23-24H,17,19-21H2,1-3H3,(H,45,51)/t23-,24+/m0/s1. The number of carbonyl (C=O) groups excluding carboxylic acids is 2. The van der Waals surface area contributed by atoms with Crippen LogP contribution >= 0.6 is 15.9 Å². The Morgan fingerprint density at radius 2 is 1.79 bits per heavy atom. The maximum atomic E-state index is 14.4. The summed E-state index contributed by atoms with van der Waals surface area (Å²) in [5.41, 5.74) is 3.50. The number of hydrogen-bond donors (Lipinski definition) is 1. The second-order valence-electron chi connectivity index (χ2n) is 13.2. The van der Waals surface area contributed by atoms with Crippen LogP contribution in [0.4, 0.5) is 13.2 Å². The molecule has 272 valence electrons. The third-order valence-corrected chi connectivity index (χ3v) is 10.5. The minimum Gasteiger partial charge on any atom is -0.347 e. The van der Waals surface area contributed by atoms with Crippen LogP contribution in [-0.4, -0.2) is 57.8 Å². The third-order valence-electron chi connectivity index (χ3n) is 9.58. The Morgan fingerprint density at radius 3 is 2.53 bits per heavy atom. The number of aromatic nitrogens is 6. The van der Waals surface area contributed by atoms with E-state index in [0.29, 0.717) is 33.7 Å². The van der Waals surface area contributed by atoms with Gasteiger partial charge in [0.1, 0.15) is 5.69 Å². The first-order valence-corrected chi connectivity index (χ1v) is 17.7. The molecule has 3 aromatic heterocycles. The summed E-state index contributed by atoms with van der Waals surface area (Å²) in [6.07, 6.45) is 0.306. The van der Waals surface area contributed by atoms with Crippen LogP contribution in [0.5, 0.6) is 0 Å². The average molecular weight is 788 g/mol. The number of amides is 2. The molecule has 0 bridgehead atoms. The van der Waals surface area contributed by atoms with Crippen LogP contribution in [0.3, 0.4) is 0 Å². The van der Waals surface area contributed by atoms with E-state index in [4.69, 9.17) is 0 Å². The molecular weight excluding hydrogens is 753 g/mol. The van der Waals surface area contributed by atoms with Crippen molar-refractivity contribution in [3.8, 4) is 17.1 Å². The fraction of sp³-hybridized carbons (Fsp3) is 0.263. The first-order chi connectivity index (χ1) is 25.3. The van der Waals surface area contributed by atoms with Crippen molar-refractivity contribution in [2.75, 3.05) is 0 Å². The van der Waals surface area contributed by atoms with Gasteiger partial charge in [0, 0.05) is 52.5 Å². The number of rotatable bonds is 8. The smallest absolute Gasteiger partial charge is 0.347 e. The van der Waals surface area contributed by atoms with Crippen molar-refractivity contribution in [2.45, 2.75) is 59.2 Å². The van der Waals surface area contributed by atoms with Gasteiger partial charge in [-0.25, -0.2) is 14.8 Å². The summed E-state index contributed by atoms with van der Waals surface area (Å²) in [6.45, 7) is 4.63. The Morgan fingerprint density at radius 1 is 1.04 bits per heavy atom. The van der Waals surface area contributed by atoms with E-state index in [1.54, 1.807) is 53.7 Å². The predicted octanol–water partition coefficient (Wildman–Crippen LogP) is 6.69. The van der Waals surface area contributed by atoms with E-state index < -0.39 is 29.7 Å². The average Bonchev–Trinajstić information content (AvgIpc) is 3.67. The monoisotopic (exact) mass is 786 g/mol. The highest BCUT2D eigenvalue weighted by molar-refractivity contribution is 9.10. The van der Waals surface area contributed by atoms with Crippen molar-refractivity contribution in [1.29, 1.82) is 0 Å². The molecule has 6 aromatic rings. The minimum absolute atomic E-state index is 0.0238. The summed E-state index contributed by atoms with van der Waals surface area (Å²) >= 11 is 3.48. The summed E-state index contributed by atoms with van der Waals surface area (Å²) in [5, 5.41) is 7.66. The van der Waals surface area contributed by atoms with Crippen molar-refractivity contribution < 1.29 is 22.8 Å². The number of aryl methyl sites for hydroxylation is 1. The number of imidazole rings is 1. The molecule has 0 radical (unpaired) electrons. The van der Waals surface area contributed by atoms with Gasteiger partial charge in [0.15, 0.2) is 5.82 Å². The number of halogens is 4. The summed E-state index contributed by atoms with van der Waals surface area (Å²) in [5.74, 6) is -1.95. The number of fused-ring (bicyclic) bond motifs is 2. The van der Waals surface area contributed by atoms with Gasteiger partial charge in [0.05, 0.1) is 42.1 Å². The van der Waals surface area contributed by atoms with E-state index in [2.05, 4.69) is 36.3 Å². The summed E-state index contributed by atoms with van der Waals surface area (Å²) in [7, 11) is 0. The number of carbonyl (C=O) groups is 2. The predicted molar refractivity (Wildman–Crippen MR) is 195 cm³/mol. The Hall–Kier alpha value is -5.57. The van der Waals surface area contributed by atoms with Crippen LogP contribution in [0.1, 0.15) is 51.5 Å². The van der Waals surface area contributed by atoms with Crippen molar-refractivity contribution in [3.05, 3.63) is 128 Å². The molecule has 2 atom stereocenters. The lowest BCUT2D eigenvalue weighted by Crippen LogP contribution is -2.47. The van der Waals surface area contributed by atoms with Crippen LogP contribution < -0.4 is 11.0 Å². The molecule has 2 amide bonds. The molecule has 0 fully saturated rings. The minimum atomic E-state index is -4.39. The fourth-order valence-electron chi connectivity index (χ4n) is 6.62. The van der Waals surface area contributed by atoms with Gasteiger partial charge in [-0.1, -0.05) is 47.1 Å². The fourth-order valence-corrected chi connectivity index (χ4v) is 6.86. The first-order valence-electron chi connectivity index (χ1n) is 16.9. The Balaban J connectivity index is 1.29. The van der Waals surface area contributed by atoms with Gasteiger partial charge < -0.3 is 10.2 Å². The van der Waals surface area contributed by atoms with Crippen LogP contribution in [0.15, 0.2) is 94.6 Å². The van der Waals surface area contributed by atoms with Gasteiger partial charge >= 0.3 is 11.9 Å². The van der Waals surface area contributed by atoms with E-state index in [1.807, 2.05) is 44.2 Å². The highest BCUT2D eigenvalue weighted by Crippen LogP contribution is 2.30. The van der Waals surface area contributed by atoms with Crippen molar-refractivity contribution in [1.82, 2.24) is 39.1 Å². The highest BCUT2D eigenvalue weighted by atomic mass is 79.9. The van der Waals surface area contributed by atoms with Gasteiger partial charge in [-0.3, -0.25) is 23.4 Å². The zero-order chi connectivity index (χ0) is 37.6. The molecular formula is C38H34BrF3N8O3. The number of nitrogens with zero attached hydrogens (tertiary/aromatic N) is 7. The molecule has 0 aliphatic carbocycles. The Bertz CT molecular complexity index is 2420. The van der Waals surface area contributed by atoms with Gasteiger partial charge in [-0.2, -0.15) is 18.3 Å². The van der Waals surface area contributed by atoms with E-state index in [9.17, 15) is 27.6 Å². The third kappa shape index (κ3) is 6.88. The molecule has 7 rings (SSSR count). The number of nitrogens with one attached hydrogen (secondary N) is 1. The lowest BCUT2D eigenvalue weighted by molar-refractivity contribution is -0.173. The van der Waals surface area contributed by atoms with Crippen molar-refractivity contribution in [2.24, 2.45) is 5.92 Å². The van der Waals surface area contributed by atoms with Crippen LogP contribution in [0, 0.1) is 12.8 Å². The molecule has 1 aliphatic rings. The van der Waals surface area contributed by atoms with Crippen molar-refractivity contribution >= 4 is 38.6 Å². The molecule has 0 saturated carbocycles. The largest absolute Gasteiger partial charge is 0.393 e. The molecule has 1 aliphatic heterocycles. The van der Waals surface area contributed by atoms with Gasteiger partial charge in [0.25, 0.3) is 11.8 Å². The van der Waals surface area contributed by atoms with E-state index in [0.717, 1.165) is 28.1 Å². The molecule has 0 spiro atoms. The molecule has 1 N–H and O–H groups in total. The van der Waals surface area contributed by atoms with Crippen LogP contribution in [0.2, 0.25) is 0 Å². The number of hydrogen-bond acceptors (Lipinski definition) is 6. The summed E-state index contributed by atoms with van der Waals surface area (Å²) in [4.78, 5) is 53.0. The van der Waals surface area contributed by atoms with E-state index in [1.165, 1.54) is 20.0 Å². The van der Waals surface area contributed by atoms with Crippen LogP contribution in [0.25, 0.3) is 28.0 Å². The lowest BCUT2D eigenvalue weighted by atomic mass is 10.1. The molecule has 4 heterocycles. The summed E-state index contributed by atoms with van der Waals surface area (Å²) < 4.78 is 45.1. The highest BCUT2D eigenvalue weighted by Gasteiger charge is 2.37. The second-order valence-corrected chi connectivity index (χ2v) is 14.0. The summed E-state index contributed by atoms with van der Waals surface area (Å²) in [6, 6.07) is 18.8. The topological polar surface area (TPSA) is 120 Å². The molecule has 0 unspecified atom stereocenters. The zero-order valence-electron chi connectivity index (χ0n) is 28.9. The quantitative estimate of drug-likeness (QED) is 0.184. The SMILES string of the molecule is Cc1cc(C(=O)N2Cc3c(C(=O)NCc4ccccc4-c4ncccn4)n(-c4ccc5c(cnn5C[C@H](C)C(F)(F)F)c4)c(=O)n3C[C@H]2C)ccc1Br. The molecule has 3 aromatic carbocycles.